The van der Waals surface area contributed by atoms with Crippen LogP contribution in [0.15, 0.2) is 143 Å². The van der Waals surface area contributed by atoms with E-state index in [-0.39, 0.29) is 182 Å². The quantitative estimate of drug-likeness (QED) is 0.0408. The largest absolute Gasteiger partial charge is 0.398 e. The lowest BCUT2D eigenvalue weighted by Gasteiger charge is -2.44. The number of carbonyl (C=O) groups is 3. The zero-order valence-corrected chi connectivity index (χ0v) is 75.1. The van der Waals surface area contributed by atoms with Crippen molar-refractivity contribution in [2.45, 2.75) is 177 Å². The van der Waals surface area contributed by atoms with Crippen molar-refractivity contribution in [1.82, 2.24) is 88.2 Å². The molecule has 0 bridgehead atoms. The fourth-order valence-corrected chi connectivity index (χ4v) is 19.2. The fourth-order valence-electron chi connectivity index (χ4n) is 18.7. The van der Waals surface area contributed by atoms with Crippen LogP contribution in [0.4, 0.5) is 65.2 Å². The molecule has 5 atom stereocenters. The molecule has 39 heteroatoms. The van der Waals surface area contributed by atoms with Gasteiger partial charge in [0.15, 0.2) is 40.2 Å². The normalized spacial score (nSPS) is 19.6. The van der Waals surface area contributed by atoms with Gasteiger partial charge in [-0.05, 0) is 166 Å². The standard InChI is InChI=1S/C32H31ClF2N8O2.C32H31F3N8O2.C31H29ClF2N8O2/c1-15-13-42(31(44)17(3)34)16(2)12-41(15)29-20-11-21(33)27(24-22(35)5-4-6-23(24)36)39-30(20)43(32(45)40-29)28-25(18-7-8-18)37-14-38-26(28)19-9-10-19;1-15-13-42(31(44)17(3)33)16(2)12-41(15)29-20-11-22(35)27(24-21(34)5-4-6-23(24)36)39-30(20)43(32(45)40-29)28-25(18-7-8-18)37-14-38-26(28)19-9-10-19;1-15-13-40(30(43)16(2)33)10-11-41(15)28-19-12-20(32)26(23-21(34)4-3-5-22(23)35)38-29(19)42(31(44)39-28)27-24(17-6-7-17)36-14-37-25(27)18-8-9-18/h2*4-6,11,14-16,18-19H,3,7-10,12-13,36H2,1-2H3;3-5,12,14-15,17-18H,2,6-11,13,35H2,1H3/t2*15-,16+;15-/m000/s1. The molecule has 3 saturated heterocycles. The molecule has 690 valence electrons. The van der Waals surface area contributed by atoms with E-state index >= 15 is 17.6 Å². The second-order valence-electron chi connectivity index (χ2n) is 36.1. The molecule has 3 aliphatic heterocycles. The summed E-state index contributed by atoms with van der Waals surface area (Å²) in [5.74, 6) is -6.61. The molecular weight excluding hydrogens is 1780 g/mol. The van der Waals surface area contributed by atoms with Crippen molar-refractivity contribution in [1.29, 1.82) is 0 Å². The van der Waals surface area contributed by atoms with Crippen LogP contribution < -0.4 is 49.0 Å². The Labute approximate surface area is 771 Å². The average Bonchev–Trinajstić information content (AvgIpc) is 0.805. The molecule has 12 aromatic rings. The second-order valence-corrected chi connectivity index (χ2v) is 36.9. The van der Waals surface area contributed by atoms with Crippen molar-refractivity contribution < 1.29 is 45.1 Å². The molecule has 6 N–H and O–H groups in total. The topological polar surface area (TPSA) is 369 Å². The van der Waals surface area contributed by atoms with Gasteiger partial charge in [-0.2, -0.15) is 15.0 Å². The number of pyridine rings is 3. The maximum Gasteiger partial charge on any atom is 0.355 e. The van der Waals surface area contributed by atoms with Gasteiger partial charge in [0.1, 0.15) is 59.6 Å². The van der Waals surface area contributed by atoms with Crippen LogP contribution in [0.25, 0.3) is 83.9 Å². The fraction of sp³-hybridized carbons (Fsp3) is 0.368. The zero-order chi connectivity index (χ0) is 94.3. The van der Waals surface area contributed by atoms with Gasteiger partial charge in [0.2, 0.25) is 0 Å². The van der Waals surface area contributed by atoms with Crippen molar-refractivity contribution >= 4 is 109 Å². The van der Waals surface area contributed by atoms with Gasteiger partial charge in [-0.3, -0.25) is 14.4 Å². The molecule has 12 heterocycles. The molecule has 0 spiro atoms. The summed E-state index contributed by atoms with van der Waals surface area (Å²) in [5.41, 5.74) is 23.1. The van der Waals surface area contributed by atoms with Crippen LogP contribution in [0, 0.1) is 23.3 Å². The summed E-state index contributed by atoms with van der Waals surface area (Å²) in [6, 6.07) is 15.1. The molecule has 6 aliphatic carbocycles. The number of nitrogens with two attached hydrogens (primary N) is 3. The summed E-state index contributed by atoms with van der Waals surface area (Å²) in [6.45, 7) is 19.8. The van der Waals surface area contributed by atoms with Gasteiger partial charge in [-0.1, -0.05) is 61.1 Å². The number of nitrogen functional groups attached to an aromatic ring is 3. The maximum absolute atomic E-state index is 16.1. The highest BCUT2D eigenvalue weighted by Crippen LogP contribution is 2.53. The number of anilines is 6. The predicted octanol–water partition coefficient (Wildman–Crippen LogP) is 14.9. The van der Waals surface area contributed by atoms with Crippen LogP contribution in [0.5, 0.6) is 0 Å². The number of carbonyl (C=O) groups excluding carboxylic acids is 3. The summed E-state index contributed by atoms with van der Waals surface area (Å²) in [5, 5.41) is 1.32. The van der Waals surface area contributed by atoms with Crippen LogP contribution in [0.2, 0.25) is 10.0 Å². The third kappa shape index (κ3) is 16.6. The third-order valence-corrected chi connectivity index (χ3v) is 26.8. The van der Waals surface area contributed by atoms with Crippen LogP contribution >= 0.6 is 23.2 Å². The number of nitrogens with zero attached hydrogens (tertiary/aromatic N) is 21. The van der Waals surface area contributed by atoms with Gasteiger partial charge < -0.3 is 46.6 Å². The Bertz CT molecular complexity index is 6730. The molecule has 9 aromatic heterocycles. The van der Waals surface area contributed by atoms with E-state index in [1.807, 2.05) is 23.6 Å². The number of aromatic nitrogens is 15. The summed E-state index contributed by atoms with van der Waals surface area (Å²) >= 11 is 13.6. The lowest BCUT2D eigenvalue weighted by molar-refractivity contribution is -0.132. The predicted molar refractivity (Wildman–Crippen MR) is 494 cm³/mol. The Morgan fingerprint density at radius 1 is 0.366 bits per heavy atom. The van der Waals surface area contributed by atoms with Crippen LogP contribution in [-0.2, 0) is 14.4 Å². The van der Waals surface area contributed by atoms with E-state index in [1.165, 1.54) is 83.3 Å². The van der Waals surface area contributed by atoms with Crippen molar-refractivity contribution in [2.75, 3.05) is 77.7 Å². The van der Waals surface area contributed by atoms with E-state index in [1.54, 1.807) is 62.6 Å². The SMILES string of the molecule is C=C(F)C(=O)N1CCN(c2nc(=O)n(-c3c(C4CC4)ncnc3C3CC3)c3nc(-c4c(N)cccc4F)c(Cl)cc23)[C@@H](C)C1.C=C(F)C(=O)N1C[C@H](C)N(c2nc(=O)n(-c3c(C4CC4)ncnc3C3CC3)c3nc(-c4c(N)cccc4F)c(Cl)cc23)C[C@H]1C.C=C(F)C(=O)N1C[C@H](C)N(c2nc(=O)n(-c3c(C4CC4)ncnc3C3CC3)c3nc(-c4c(N)cccc4F)c(F)cc23)C[C@H]1C. The molecule has 9 aliphatic rings. The molecular formula is C95H91Cl2F7N24O6. The first-order chi connectivity index (χ1) is 64.2. The van der Waals surface area contributed by atoms with E-state index in [9.17, 15) is 41.9 Å². The maximum atomic E-state index is 16.1. The first kappa shape index (κ1) is 89.5. The summed E-state index contributed by atoms with van der Waals surface area (Å²) in [7, 11) is 0. The first-order valence-corrected chi connectivity index (χ1v) is 45.3. The Hall–Kier alpha value is -13.7. The van der Waals surface area contributed by atoms with E-state index in [0.29, 0.717) is 50.9 Å². The number of halogens is 9. The summed E-state index contributed by atoms with van der Waals surface area (Å²) in [6.07, 6.45) is 15.7. The summed E-state index contributed by atoms with van der Waals surface area (Å²) in [4.78, 5) is 145. The van der Waals surface area contributed by atoms with Gasteiger partial charge in [-0.25, -0.2) is 104 Å². The molecule has 3 amide bonds. The number of hydrogen-bond donors (Lipinski definition) is 3. The lowest BCUT2D eigenvalue weighted by Crippen LogP contribution is -2.58. The number of amides is 3. The third-order valence-electron chi connectivity index (χ3n) is 26.3. The van der Waals surface area contributed by atoms with E-state index in [0.717, 1.165) is 99.8 Å². The Kier molecular flexibility index (Phi) is 23.4. The van der Waals surface area contributed by atoms with E-state index < -0.39 is 93.7 Å². The summed E-state index contributed by atoms with van der Waals surface area (Å²) < 4.78 is 107. The van der Waals surface area contributed by atoms with Crippen LogP contribution in [0.3, 0.4) is 0 Å². The Morgan fingerprint density at radius 3 is 0.955 bits per heavy atom. The highest BCUT2D eigenvalue weighted by molar-refractivity contribution is 6.34. The van der Waals surface area contributed by atoms with Gasteiger partial charge in [0, 0.05) is 129 Å². The van der Waals surface area contributed by atoms with Gasteiger partial charge in [0.05, 0.1) is 106 Å². The van der Waals surface area contributed by atoms with Crippen molar-refractivity contribution in [3.05, 3.63) is 228 Å². The van der Waals surface area contributed by atoms with Gasteiger partial charge in [0.25, 0.3) is 17.7 Å². The van der Waals surface area contributed by atoms with E-state index in [2.05, 4.69) is 69.6 Å². The Balaban J connectivity index is 0.000000129. The second kappa shape index (κ2) is 35.0. The van der Waals surface area contributed by atoms with Crippen molar-refractivity contribution in [3.8, 4) is 50.8 Å². The minimum atomic E-state index is -1.07. The molecule has 134 heavy (non-hydrogen) atoms. The van der Waals surface area contributed by atoms with Gasteiger partial charge >= 0.3 is 17.1 Å². The number of piperazine rings is 3. The highest BCUT2D eigenvalue weighted by Gasteiger charge is 2.45. The number of benzene rings is 3. The highest BCUT2D eigenvalue weighted by atomic mass is 35.5. The molecule has 6 saturated carbocycles. The van der Waals surface area contributed by atoms with E-state index in [4.69, 9.17) is 50.4 Å². The number of fused-ring (bicyclic) bond motifs is 3. The molecule has 21 rings (SSSR count). The molecule has 9 fully saturated rings. The number of rotatable bonds is 18. The molecule has 0 unspecified atom stereocenters. The minimum Gasteiger partial charge on any atom is -0.398 e. The first-order valence-electron chi connectivity index (χ1n) is 44.6. The molecule has 0 radical (unpaired) electrons. The average molecular weight is 1870 g/mol. The van der Waals surface area contributed by atoms with Crippen molar-refractivity contribution in [2.24, 2.45) is 0 Å². The van der Waals surface area contributed by atoms with Crippen LogP contribution in [-0.4, -0.2) is 182 Å². The zero-order valence-electron chi connectivity index (χ0n) is 73.5. The number of hydrogen-bond acceptors (Lipinski definition) is 24. The molecule has 30 nitrogen and oxygen atoms in total. The smallest absolute Gasteiger partial charge is 0.355 e. The monoisotopic (exact) mass is 1870 g/mol. The Morgan fingerprint density at radius 2 is 0.657 bits per heavy atom. The van der Waals surface area contributed by atoms with Gasteiger partial charge in [-0.15, -0.1) is 0 Å². The van der Waals surface area contributed by atoms with Crippen LogP contribution in [0.1, 0.15) is 181 Å². The lowest BCUT2D eigenvalue weighted by atomic mass is 10.0. The van der Waals surface area contributed by atoms with Crippen molar-refractivity contribution in [3.63, 3.8) is 0 Å². The molecule has 3 aromatic carbocycles. The minimum absolute atomic E-state index is 0.0120.